The highest BCUT2D eigenvalue weighted by Crippen LogP contribution is 2.23. The van der Waals surface area contributed by atoms with Crippen LogP contribution < -0.4 is 11.1 Å². The van der Waals surface area contributed by atoms with Crippen molar-refractivity contribution in [2.75, 3.05) is 18.1 Å². The molecule has 0 aromatic rings. The number of thioether (sulfide) groups is 1. The van der Waals surface area contributed by atoms with Gasteiger partial charge in [-0.25, -0.2) is 0 Å². The highest BCUT2D eigenvalue weighted by Gasteiger charge is 2.27. The van der Waals surface area contributed by atoms with Gasteiger partial charge in [-0.1, -0.05) is 20.8 Å². The topological polar surface area (TPSA) is 55.1 Å². The van der Waals surface area contributed by atoms with Crippen molar-refractivity contribution in [3.63, 3.8) is 0 Å². The van der Waals surface area contributed by atoms with E-state index in [1.54, 1.807) is 0 Å². The van der Waals surface area contributed by atoms with Crippen LogP contribution >= 0.6 is 11.8 Å². The van der Waals surface area contributed by atoms with Gasteiger partial charge in [-0.05, 0) is 29.3 Å². The number of hydrogen-bond donors (Lipinski definition) is 2. The predicted molar refractivity (Wildman–Crippen MR) is 65.9 cm³/mol. The summed E-state index contributed by atoms with van der Waals surface area (Å²) in [6.07, 6.45) is 1.22. The number of carbonyl (C=O) groups is 1. The van der Waals surface area contributed by atoms with Crippen molar-refractivity contribution in [1.29, 1.82) is 0 Å². The summed E-state index contributed by atoms with van der Waals surface area (Å²) in [6.45, 7) is 6.75. The lowest BCUT2D eigenvalue weighted by Gasteiger charge is -2.26. The SMILES string of the molecule is CC(C)(C)[C@@H](N)C(=O)NCC1CCSC1. The van der Waals surface area contributed by atoms with E-state index in [1.165, 1.54) is 17.9 Å². The first-order valence-corrected chi connectivity index (χ1v) is 6.68. The van der Waals surface area contributed by atoms with Gasteiger partial charge in [-0.3, -0.25) is 4.79 Å². The first-order chi connectivity index (χ1) is 6.91. The van der Waals surface area contributed by atoms with Gasteiger partial charge in [0.05, 0.1) is 6.04 Å². The van der Waals surface area contributed by atoms with Crippen LogP contribution in [0.4, 0.5) is 0 Å². The Morgan fingerprint density at radius 1 is 1.60 bits per heavy atom. The zero-order valence-electron chi connectivity index (χ0n) is 9.88. The molecule has 1 amide bonds. The van der Waals surface area contributed by atoms with Crippen molar-refractivity contribution in [2.45, 2.75) is 33.2 Å². The zero-order valence-corrected chi connectivity index (χ0v) is 10.7. The zero-order chi connectivity index (χ0) is 11.5. The van der Waals surface area contributed by atoms with Crippen molar-refractivity contribution >= 4 is 17.7 Å². The summed E-state index contributed by atoms with van der Waals surface area (Å²) in [5.41, 5.74) is 5.70. The Kier molecular flexibility index (Phi) is 4.46. The highest BCUT2D eigenvalue weighted by molar-refractivity contribution is 7.99. The van der Waals surface area contributed by atoms with Crippen LogP contribution in [-0.4, -0.2) is 30.0 Å². The third-order valence-electron chi connectivity index (χ3n) is 2.80. The molecule has 1 fully saturated rings. The first-order valence-electron chi connectivity index (χ1n) is 5.52. The second kappa shape index (κ2) is 5.21. The molecule has 0 aromatic heterocycles. The number of nitrogens with two attached hydrogens (primary N) is 1. The molecular formula is C11H22N2OS. The molecule has 1 saturated heterocycles. The fraction of sp³-hybridized carbons (Fsp3) is 0.909. The first kappa shape index (κ1) is 12.8. The Bertz CT molecular complexity index is 219. The van der Waals surface area contributed by atoms with Gasteiger partial charge in [0.1, 0.15) is 0 Å². The maximum absolute atomic E-state index is 11.7. The average molecular weight is 230 g/mol. The Morgan fingerprint density at radius 3 is 2.73 bits per heavy atom. The Balaban J connectivity index is 2.29. The lowest BCUT2D eigenvalue weighted by molar-refractivity contribution is -0.124. The fourth-order valence-electron chi connectivity index (χ4n) is 1.49. The third kappa shape index (κ3) is 4.03. The molecule has 1 unspecified atom stereocenters. The summed E-state index contributed by atoms with van der Waals surface area (Å²) in [6, 6.07) is -0.411. The van der Waals surface area contributed by atoms with Crippen LogP contribution in [0.15, 0.2) is 0 Å². The maximum atomic E-state index is 11.7. The molecule has 1 aliphatic heterocycles. The molecule has 88 valence electrons. The number of amides is 1. The van der Waals surface area contributed by atoms with Crippen LogP contribution in [-0.2, 0) is 4.79 Å². The normalized spacial score (nSPS) is 23.9. The van der Waals surface area contributed by atoms with Gasteiger partial charge in [0.2, 0.25) is 5.91 Å². The summed E-state index contributed by atoms with van der Waals surface area (Å²) in [5, 5.41) is 2.95. The number of nitrogens with one attached hydrogen (secondary N) is 1. The van der Waals surface area contributed by atoms with E-state index in [4.69, 9.17) is 5.73 Å². The molecule has 15 heavy (non-hydrogen) atoms. The molecule has 3 N–H and O–H groups in total. The van der Waals surface area contributed by atoms with E-state index in [0.717, 1.165) is 6.54 Å². The van der Waals surface area contributed by atoms with Crippen molar-refractivity contribution in [2.24, 2.45) is 17.1 Å². The molecule has 1 heterocycles. The minimum atomic E-state index is -0.411. The quantitative estimate of drug-likeness (QED) is 0.767. The molecule has 0 radical (unpaired) electrons. The van der Waals surface area contributed by atoms with Crippen LogP contribution in [0.2, 0.25) is 0 Å². The van der Waals surface area contributed by atoms with Crippen molar-refractivity contribution in [3.05, 3.63) is 0 Å². The lowest BCUT2D eigenvalue weighted by atomic mass is 9.87. The molecule has 0 spiro atoms. The van der Waals surface area contributed by atoms with Gasteiger partial charge in [0.25, 0.3) is 0 Å². The van der Waals surface area contributed by atoms with E-state index in [2.05, 4.69) is 5.32 Å². The monoisotopic (exact) mass is 230 g/mol. The molecule has 4 heteroatoms. The molecule has 1 aliphatic rings. The summed E-state index contributed by atoms with van der Waals surface area (Å²) < 4.78 is 0. The van der Waals surface area contributed by atoms with Crippen molar-refractivity contribution in [3.8, 4) is 0 Å². The predicted octanol–water partition coefficient (Wildman–Crippen LogP) is 1.23. The van der Waals surface area contributed by atoms with E-state index < -0.39 is 6.04 Å². The summed E-state index contributed by atoms with van der Waals surface area (Å²) in [7, 11) is 0. The second-order valence-electron chi connectivity index (χ2n) is 5.32. The molecule has 0 saturated carbocycles. The van der Waals surface area contributed by atoms with Gasteiger partial charge in [0.15, 0.2) is 0 Å². The van der Waals surface area contributed by atoms with Gasteiger partial charge in [-0.2, -0.15) is 11.8 Å². The van der Waals surface area contributed by atoms with E-state index in [-0.39, 0.29) is 11.3 Å². The van der Waals surface area contributed by atoms with Crippen LogP contribution in [0.1, 0.15) is 27.2 Å². The van der Waals surface area contributed by atoms with E-state index in [0.29, 0.717) is 5.92 Å². The van der Waals surface area contributed by atoms with Gasteiger partial charge >= 0.3 is 0 Å². The molecule has 3 nitrogen and oxygen atoms in total. The van der Waals surface area contributed by atoms with Crippen molar-refractivity contribution < 1.29 is 4.79 Å². The average Bonchev–Trinajstić information content (AvgIpc) is 2.63. The Morgan fingerprint density at radius 2 is 2.27 bits per heavy atom. The third-order valence-corrected chi connectivity index (χ3v) is 4.04. The van der Waals surface area contributed by atoms with Crippen LogP contribution in [0, 0.1) is 11.3 Å². The Hall–Kier alpha value is -0.220. The van der Waals surface area contributed by atoms with Crippen molar-refractivity contribution in [1.82, 2.24) is 5.32 Å². The number of hydrogen-bond acceptors (Lipinski definition) is 3. The van der Waals surface area contributed by atoms with E-state index >= 15 is 0 Å². The Labute approximate surface area is 96.6 Å². The van der Waals surface area contributed by atoms with E-state index in [9.17, 15) is 4.79 Å². The number of carbonyl (C=O) groups excluding carboxylic acids is 1. The minimum Gasteiger partial charge on any atom is -0.354 e. The lowest BCUT2D eigenvalue weighted by Crippen LogP contribution is -2.49. The van der Waals surface area contributed by atoms with Crippen LogP contribution in [0.25, 0.3) is 0 Å². The summed E-state index contributed by atoms with van der Waals surface area (Å²) in [5.74, 6) is 3.03. The largest absolute Gasteiger partial charge is 0.354 e. The van der Waals surface area contributed by atoms with Gasteiger partial charge < -0.3 is 11.1 Å². The molecule has 2 atom stereocenters. The highest BCUT2D eigenvalue weighted by atomic mass is 32.2. The molecule has 0 bridgehead atoms. The number of rotatable bonds is 3. The van der Waals surface area contributed by atoms with Crippen LogP contribution in [0.3, 0.4) is 0 Å². The second-order valence-corrected chi connectivity index (χ2v) is 6.47. The fourth-order valence-corrected chi connectivity index (χ4v) is 2.78. The minimum absolute atomic E-state index is 0.0144. The van der Waals surface area contributed by atoms with E-state index in [1.807, 2.05) is 32.5 Å². The van der Waals surface area contributed by atoms with Gasteiger partial charge in [-0.15, -0.1) is 0 Å². The van der Waals surface area contributed by atoms with Crippen LogP contribution in [0.5, 0.6) is 0 Å². The summed E-state index contributed by atoms with van der Waals surface area (Å²) >= 11 is 1.97. The van der Waals surface area contributed by atoms with Gasteiger partial charge in [0, 0.05) is 6.54 Å². The molecule has 0 aromatic carbocycles. The maximum Gasteiger partial charge on any atom is 0.237 e. The standard InChI is InChI=1S/C11H22N2OS/c1-11(2,3)9(12)10(14)13-6-8-4-5-15-7-8/h8-9H,4-7,12H2,1-3H3,(H,13,14)/t8?,9-/m0/s1. The molecule has 0 aliphatic carbocycles. The smallest absolute Gasteiger partial charge is 0.237 e. The molecule has 1 rings (SSSR count). The molecular weight excluding hydrogens is 208 g/mol. The summed E-state index contributed by atoms with van der Waals surface area (Å²) in [4.78, 5) is 11.7.